The Hall–Kier alpha value is -3.62. The number of benzene rings is 5. The van der Waals surface area contributed by atoms with E-state index < -0.39 is 24.6 Å². The maximum absolute atomic E-state index is 6.85. The van der Waals surface area contributed by atoms with Crippen LogP contribution in [0.4, 0.5) is 0 Å². The van der Waals surface area contributed by atoms with E-state index in [-0.39, 0.29) is 5.25 Å². The lowest BCUT2D eigenvalue weighted by Crippen LogP contribution is -2.60. The summed E-state index contributed by atoms with van der Waals surface area (Å²) < 4.78 is 33.3. The summed E-state index contributed by atoms with van der Waals surface area (Å²) in [7, 11) is 0. The molecule has 1 aliphatic rings. The van der Waals surface area contributed by atoms with Crippen LogP contribution in [0.5, 0.6) is 5.75 Å². The highest BCUT2D eigenvalue weighted by molar-refractivity contribution is 8.00. The van der Waals surface area contributed by atoms with Gasteiger partial charge in [0.1, 0.15) is 29.3 Å². The lowest BCUT2D eigenvalue weighted by molar-refractivity contribution is -0.253. The van der Waals surface area contributed by atoms with Crippen molar-refractivity contribution < 1.29 is 23.7 Å². The van der Waals surface area contributed by atoms with Crippen molar-refractivity contribution in [2.45, 2.75) is 54.6 Å². The molecule has 0 aromatic heterocycles. The van der Waals surface area contributed by atoms with Gasteiger partial charge in [-0.05, 0) is 53.1 Å². The molecule has 0 aliphatic carbocycles. The molecule has 0 saturated carbocycles. The first-order valence-electron chi connectivity index (χ1n) is 15.4. The molecule has 0 N–H and O–H groups in total. The Morgan fingerprint density at radius 2 is 1.07 bits per heavy atom. The van der Waals surface area contributed by atoms with E-state index in [2.05, 4.69) is 48.5 Å². The minimum Gasteiger partial charge on any atom is -0.464 e. The number of hydrogen-bond acceptors (Lipinski definition) is 6. The van der Waals surface area contributed by atoms with Crippen LogP contribution in [0, 0.1) is 0 Å². The summed E-state index contributed by atoms with van der Waals surface area (Å²) in [4.78, 5) is 1.08. The summed E-state index contributed by atoms with van der Waals surface area (Å²) in [5, 5.41) is 0.352. The quantitative estimate of drug-likeness (QED) is 0.119. The van der Waals surface area contributed by atoms with Crippen LogP contribution in [0.3, 0.4) is 0 Å². The lowest BCUT2D eigenvalue weighted by atomic mass is 10.00. The van der Waals surface area contributed by atoms with Crippen LogP contribution in [0.15, 0.2) is 150 Å². The predicted molar refractivity (Wildman–Crippen MR) is 183 cm³/mol. The molecule has 1 aliphatic heterocycles. The molecule has 0 unspecified atom stereocenters. The van der Waals surface area contributed by atoms with E-state index in [1.165, 1.54) is 0 Å². The van der Waals surface area contributed by atoms with Gasteiger partial charge in [-0.25, -0.2) is 0 Å². The van der Waals surface area contributed by atoms with Crippen molar-refractivity contribution in [3.63, 3.8) is 0 Å². The Kier molecular flexibility index (Phi) is 11.8. The Balaban J connectivity index is 1.33. The van der Waals surface area contributed by atoms with E-state index in [9.17, 15) is 0 Å². The first kappa shape index (κ1) is 32.3. The third-order valence-corrected chi connectivity index (χ3v) is 9.20. The van der Waals surface area contributed by atoms with Crippen LogP contribution in [-0.2, 0) is 38.8 Å². The van der Waals surface area contributed by atoms with Gasteiger partial charge in [-0.2, -0.15) is 0 Å². The van der Waals surface area contributed by atoms with Gasteiger partial charge in [-0.15, -0.1) is 11.8 Å². The van der Waals surface area contributed by atoms with E-state index >= 15 is 0 Å². The molecule has 0 amide bonds. The van der Waals surface area contributed by atoms with E-state index in [0.717, 1.165) is 21.6 Å². The smallest absolute Gasteiger partial charge is 0.215 e. The van der Waals surface area contributed by atoms with Gasteiger partial charge < -0.3 is 23.7 Å². The van der Waals surface area contributed by atoms with Crippen LogP contribution < -0.4 is 4.74 Å². The molecule has 0 spiro atoms. The molecule has 7 heteroatoms. The molecular formula is C39H37ClO5S. The van der Waals surface area contributed by atoms with Crippen molar-refractivity contribution in [1.29, 1.82) is 0 Å². The lowest BCUT2D eigenvalue weighted by Gasteiger charge is -2.45. The molecule has 5 aromatic carbocycles. The van der Waals surface area contributed by atoms with Crippen molar-refractivity contribution in [2.24, 2.45) is 0 Å². The van der Waals surface area contributed by atoms with Crippen molar-refractivity contribution in [1.82, 2.24) is 0 Å². The minimum atomic E-state index is -0.672. The summed E-state index contributed by atoms with van der Waals surface area (Å²) in [5.74, 6) is 0.655. The Bertz CT molecular complexity index is 1580. The van der Waals surface area contributed by atoms with Crippen LogP contribution in [0.2, 0.25) is 5.02 Å². The Labute approximate surface area is 280 Å². The third-order valence-electron chi connectivity index (χ3n) is 7.64. The van der Waals surface area contributed by atoms with Gasteiger partial charge in [0.05, 0.1) is 26.4 Å². The summed E-state index contributed by atoms with van der Waals surface area (Å²) in [5.41, 5.74) is 3.23. The topological polar surface area (TPSA) is 46.2 Å². The second-order valence-electron chi connectivity index (χ2n) is 11.0. The summed E-state index contributed by atoms with van der Waals surface area (Å²) in [6.45, 7) is 1.56. The second kappa shape index (κ2) is 16.8. The maximum atomic E-state index is 6.85. The molecule has 236 valence electrons. The zero-order valence-electron chi connectivity index (χ0n) is 25.4. The number of thioether (sulfide) groups is 1. The normalized spacial score (nSPS) is 21.1. The van der Waals surface area contributed by atoms with Crippen molar-refractivity contribution in [2.75, 3.05) is 6.61 Å². The molecular weight excluding hydrogens is 616 g/mol. The van der Waals surface area contributed by atoms with Gasteiger partial charge in [0.2, 0.25) is 6.29 Å². The highest BCUT2D eigenvalue weighted by atomic mass is 35.5. The van der Waals surface area contributed by atoms with Gasteiger partial charge >= 0.3 is 0 Å². The van der Waals surface area contributed by atoms with Crippen LogP contribution in [-0.4, -0.2) is 36.5 Å². The number of ether oxygens (including phenoxy) is 5. The fourth-order valence-electron chi connectivity index (χ4n) is 5.33. The summed E-state index contributed by atoms with van der Waals surface area (Å²) in [6, 6.07) is 48.1. The van der Waals surface area contributed by atoms with Gasteiger partial charge in [0, 0.05) is 9.92 Å². The molecule has 46 heavy (non-hydrogen) atoms. The molecule has 5 aromatic rings. The summed E-state index contributed by atoms with van der Waals surface area (Å²) >= 11 is 7.87. The first-order chi connectivity index (χ1) is 22.7. The number of halogens is 1. The van der Waals surface area contributed by atoms with E-state index in [1.807, 2.05) is 97.1 Å². The van der Waals surface area contributed by atoms with Gasteiger partial charge in [0.15, 0.2) is 0 Å². The van der Waals surface area contributed by atoms with Crippen molar-refractivity contribution in [3.05, 3.63) is 167 Å². The molecule has 1 fully saturated rings. The molecule has 5 nitrogen and oxygen atoms in total. The second-order valence-corrected chi connectivity index (χ2v) is 12.7. The number of hydrogen-bond donors (Lipinski definition) is 0. The van der Waals surface area contributed by atoms with Gasteiger partial charge in [-0.3, -0.25) is 0 Å². The van der Waals surface area contributed by atoms with E-state index in [1.54, 1.807) is 11.8 Å². The van der Waals surface area contributed by atoms with Crippen LogP contribution in [0.1, 0.15) is 16.7 Å². The van der Waals surface area contributed by atoms with E-state index in [4.69, 9.17) is 35.3 Å². The third kappa shape index (κ3) is 9.23. The number of rotatable bonds is 14. The zero-order valence-corrected chi connectivity index (χ0v) is 27.0. The zero-order chi connectivity index (χ0) is 31.4. The average Bonchev–Trinajstić information content (AvgIpc) is 3.11. The minimum absolute atomic E-state index is 0.284. The Morgan fingerprint density at radius 3 is 1.63 bits per heavy atom. The van der Waals surface area contributed by atoms with Crippen molar-refractivity contribution >= 4 is 23.4 Å². The summed E-state index contributed by atoms with van der Waals surface area (Å²) in [6.07, 6.45) is -2.01. The largest absolute Gasteiger partial charge is 0.464 e. The van der Waals surface area contributed by atoms with Crippen LogP contribution in [0.25, 0.3) is 0 Å². The molecule has 1 heterocycles. The fraction of sp³-hybridized carbons (Fsp3) is 0.231. The average molecular weight is 653 g/mol. The van der Waals surface area contributed by atoms with Gasteiger partial charge in [-0.1, -0.05) is 121 Å². The molecule has 0 radical (unpaired) electrons. The maximum Gasteiger partial charge on any atom is 0.215 e. The molecule has 6 rings (SSSR count). The molecule has 1 saturated heterocycles. The first-order valence-corrected chi connectivity index (χ1v) is 16.7. The Morgan fingerprint density at radius 1 is 0.565 bits per heavy atom. The standard InChI is InChI=1S/C39H37ClO5S/c40-32-21-23-33(24-22-32)44-39-38(46-34-19-11-4-12-20-34)37(43-27-31-17-9-3-10-18-31)36(42-26-30-15-7-2-8-16-30)35(45-39)28-41-25-29-13-5-1-6-14-29/h1-24,35-39H,25-28H2/t35-,36-,37+,38+,39+/m1/s1. The van der Waals surface area contributed by atoms with Crippen LogP contribution >= 0.6 is 23.4 Å². The predicted octanol–water partition coefficient (Wildman–Crippen LogP) is 8.99. The fourth-order valence-corrected chi connectivity index (χ4v) is 6.68. The highest BCUT2D eigenvalue weighted by Gasteiger charge is 2.49. The van der Waals surface area contributed by atoms with E-state index in [0.29, 0.717) is 37.2 Å². The molecule has 0 bridgehead atoms. The van der Waals surface area contributed by atoms with Gasteiger partial charge in [0.25, 0.3) is 0 Å². The monoisotopic (exact) mass is 652 g/mol. The SMILES string of the molecule is Clc1ccc(O[C@H]2O[C@H](COCc3ccccc3)[C@@H](OCc3ccccc3)[C@H](OCc3ccccc3)[C@@H]2Sc2ccccc2)cc1. The highest BCUT2D eigenvalue weighted by Crippen LogP contribution is 2.39. The molecule has 5 atom stereocenters. The van der Waals surface area contributed by atoms with Crippen molar-refractivity contribution in [3.8, 4) is 5.75 Å².